The first-order valence-electron chi connectivity index (χ1n) is 18.3. The van der Waals surface area contributed by atoms with E-state index >= 15 is 4.79 Å². The predicted octanol–water partition coefficient (Wildman–Crippen LogP) is 8.43. The van der Waals surface area contributed by atoms with Gasteiger partial charge in [0.25, 0.3) is 11.8 Å². The molecule has 4 amide bonds. The second-order valence-corrected chi connectivity index (χ2v) is 15.3. The van der Waals surface area contributed by atoms with Crippen molar-refractivity contribution in [2.24, 2.45) is 23.7 Å². The number of aromatic hydroxyl groups is 1. The van der Waals surface area contributed by atoms with Gasteiger partial charge in [-0.25, -0.2) is 9.29 Å². The van der Waals surface area contributed by atoms with Crippen LogP contribution in [-0.2, 0) is 36.9 Å². The zero-order chi connectivity index (χ0) is 43.2. The van der Waals surface area contributed by atoms with E-state index in [9.17, 15) is 50.2 Å². The van der Waals surface area contributed by atoms with Gasteiger partial charge in [0, 0.05) is 28.6 Å². The minimum absolute atomic E-state index is 0.0168. The summed E-state index contributed by atoms with van der Waals surface area (Å²) in [5.74, 6) is -11.5. The number of imide groups is 2. The number of phenols is 1. The average Bonchev–Trinajstić information content (AvgIpc) is 3.58. The largest absolute Gasteiger partial charge is 0.507 e. The Kier molecular flexibility index (Phi) is 9.68. The van der Waals surface area contributed by atoms with E-state index in [0.29, 0.717) is 17.0 Å². The van der Waals surface area contributed by atoms with Crippen LogP contribution in [0.15, 0.2) is 90.5 Å². The molecule has 3 fully saturated rings. The first kappa shape index (κ1) is 40.7. The first-order valence-corrected chi connectivity index (χ1v) is 18.7. The topological polar surface area (TPSA) is 125 Å². The minimum atomic E-state index is -5.28. The van der Waals surface area contributed by atoms with Crippen LogP contribution >= 0.6 is 11.6 Å². The molecule has 4 aliphatic rings. The lowest BCUT2D eigenvalue weighted by molar-refractivity contribution is -0.143. The lowest BCUT2D eigenvalue weighted by Crippen LogP contribution is -2.53. The molecule has 6 unspecified atom stereocenters. The van der Waals surface area contributed by atoms with Crippen LogP contribution in [0.5, 0.6) is 17.2 Å². The second-order valence-electron chi connectivity index (χ2n) is 14.9. The smallest absolute Gasteiger partial charge is 0.416 e. The summed E-state index contributed by atoms with van der Waals surface area (Å²) in [4.78, 5) is 59.3. The third kappa shape index (κ3) is 6.23. The van der Waals surface area contributed by atoms with Crippen molar-refractivity contribution in [3.05, 3.63) is 124 Å². The lowest BCUT2D eigenvalue weighted by Gasteiger charge is -2.50. The molecule has 312 valence electrons. The Hall–Kier alpha value is -6.10. The molecular formula is C42H31ClF7N3O7. The number of anilines is 2. The van der Waals surface area contributed by atoms with Crippen LogP contribution in [0.1, 0.15) is 41.0 Å². The number of hydrogen-bond donors (Lipinski definition) is 2. The molecule has 0 aromatic heterocycles. The van der Waals surface area contributed by atoms with Gasteiger partial charge >= 0.3 is 12.4 Å². The Balaban J connectivity index is 1.34. The Morgan fingerprint density at radius 3 is 2.02 bits per heavy atom. The van der Waals surface area contributed by atoms with E-state index in [0.717, 1.165) is 17.1 Å². The molecule has 2 heterocycles. The van der Waals surface area contributed by atoms with Gasteiger partial charge < -0.3 is 14.6 Å². The molecular weight excluding hydrogens is 827 g/mol. The van der Waals surface area contributed by atoms with Gasteiger partial charge in [-0.1, -0.05) is 35.4 Å². The van der Waals surface area contributed by atoms with Gasteiger partial charge in [0.15, 0.2) is 0 Å². The van der Waals surface area contributed by atoms with E-state index in [1.807, 2.05) is 0 Å². The number of halogens is 8. The van der Waals surface area contributed by atoms with E-state index in [2.05, 4.69) is 5.43 Å². The number of nitrogens with zero attached hydrogens (tertiary/aromatic N) is 2. The average molecular weight is 858 g/mol. The van der Waals surface area contributed by atoms with Crippen molar-refractivity contribution < 1.29 is 64.5 Å². The van der Waals surface area contributed by atoms with Crippen molar-refractivity contribution in [3.8, 4) is 17.2 Å². The summed E-state index contributed by atoms with van der Waals surface area (Å²) in [7, 11) is 2.61. The highest BCUT2D eigenvalue weighted by Gasteiger charge is 2.71. The maximum Gasteiger partial charge on any atom is 0.416 e. The molecule has 0 spiro atoms. The number of fused-ring (bicyclic) bond motifs is 4. The zero-order valence-electron chi connectivity index (χ0n) is 31.2. The highest BCUT2D eigenvalue weighted by molar-refractivity contribution is 6.30. The van der Waals surface area contributed by atoms with Crippen molar-refractivity contribution in [2.45, 2.75) is 36.5 Å². The Morgan fingerprint density at radius 1 is 0.800 bits per heavy atom. The fourth-order valence-corrected chi connectivity index (χ4v) is 9.58. The Morgan fingerprint density at radius 2 is 1.43 bits per heavy atom. The third-order valence-electron chi connectivity index (χ3n) is 11.9. The highest BCUT2D eigenvalue weighted by Crippen LogP contribution is 2.66. The monoisotopic (exact) mass is 857 g/mol. The summed E-state index contributed by atoms with van der Waals surface area (Å²) in [6.45, 7) is 0. The number of carbonyl (C=O) groups is 4. The molecule has 4 aromatic rings. The summed E-state index contributed by atoms with van der Waals surface area (Å²) in [5.41, 5.74) is -3.01. The van der Waals surface area contributed by atoms with Crippen LogP contribution in [0.25, 0.3) is 0 Å². The normalized spacial score (nSPS) is 25.2. The number of methoxy groups -OCH3 is 2. The summed E-state index contributed by atoms with van der Waals surface area (Å²) in [6.07, 6.45) is -9.61. The van der Waals surface area contributed by atoms with Crippen LogP contribution in [0.3, 0.4) is 0 Å². The molecule has 60 heavy (non-hydrogen) atoms. The van der Waals surface area contributed by atoms with Crippen molar-refractivity contribution in [2.75, 3.05) is 24.5 Å². The lowest BCUT2D eigenvalue weighted by atomic mass is 9.49. The van der Waals surface area contributed by atoms with Crippen LogP contribution in [0.4, 0.5) is 42.1 Å². The summed E-state index contributed by atoms with van der Waals surface area (Å²) < 4.78 is 109. The maximum absolute atomic E-state index is 15.4. The quantitative estimate of drug-likeness (QED) is 0.108. The maximum atomic E-state index is 15.4. The fraction of sp³-hybridized carbons (Fsp3) is 0.286. The van der Waals surface area contributed by atoms with Crippen LogP contribution in [0.2, 0.25) is 5.02 Å². The van der Waals surface area contributed by atoms with Gasteiger partial charge in [-0.3, -0.25) is 24.6 Å². The SMILES string of the molecule is COc1cc(O)c(C2C3=CCC4C(=O)N(c5cc(C(F)(F)F)cc(C(F)(F)F)c5)C(=O)C4C3CC3C(=O)N(Nc4ccc(F)cc4)C(=O)C32c2ccc(Cl)cc2)c(OC)c1. The number of alkyl halides is 6. The fourth-order valence-electron chi connectivity index (χ4n) is 9.46. The van der Waals surface area contributed by atoms with E-state index in [1.165, 1.54) is 62.8 Å². The number of amides is 4. The van der Waals surface area contributed by atoms with Gasteiger partial charge in [0.2, 0.25) is 11.8 Å². The molecule has 0 bridgehead atoms. The number of carbonyl (C=O) groups excluding carboxylic acids is 4. The third-order valence-corrected chi connectivity index (χ3v) is 12.2. The zero-order valence-corrected chi connectivity index (χ0v) is 32.0. The predicted molar refractivity (Wildman–Crippen MR) is 199 cm³/mol. The highest BCUT2D eigenvalue weighted by atomic mass is 35.5. The van der Waals surface area contributed by atoms with Crippen LogP contribution in [-0.4, -0.2) is 48.0 Å². The molecule has 0 radical (unpaired) electrons. The van der Waals surface area contributed by atoms with Gasteiger partial charge in [0.1, 0.15) is 23.1 Å². The standard InChI is InChI=1S/C42H31ClF7N3O7/c1-59-26-16-31(54)34(32(17-26)60-2)35-27-11-12-28-33(38(57)52(36(28)55)25-14-20(41(45,46)47)13-21(15-25)42(48,49)50)29(27)18-30-37(56)53(51-24-9-7-23(44)8-10-24)39(58)40(30,35)19-3-5-22(43)6-4-19/h3-11,13-17,28-30,33,35,51,54H,12,18H2,1-2H3. The number of rotatable bonds is 7. The minimum Gasteiger partial charge on any atom is -0.507 e. The van der Waals surface area contributed by atoms with Crippen molar-refractivity contribution >= 4 is 46.6 Å². The second kappa shape index (κ2) is 14.3. The number of phenolic OH excluding ortho intramolecular Hbond substituents is 1. The number of allylic oxidation sites excluding steroid dienone is 2. The van der Waals surface area contributed by atoms with Crippen molar-refractivity contribution in [3.63, 3.8) is 0 Å². The van der Waals surface area contributed by atoms with E-state index in [4.69, 9.17) is 21.1 Å². The Labute approximate surface area is 341 Å². The number of hydrogen-bond acceptors (Lipinski definition) is 8. The molecule has 10 nitrogen and oxygen atoms in total. The molecule has 2 saturated heterocycles. The molecule has 4 aromatic carbocycles. The molecule has 6 atom stereocenters. The van der Waals surface area contributed by atoms with Crippen LogP contribution < -0.4 is 19.8 Å². The van der Waals surface area contributed by atoms with Crippen LogP contribution in [0, 0.1) is 29.5 Å². The van der Waals surface area contributed by atoms with Gasteiger partial charge in [-0.15, -0.1) is 0 Å². The first-order chi connectivity index (χ1) is 28.3. The molecule has 8 rings (SSSR count). The number of hydrazine groups is 1. The van der Waals surface area contributed by atoms with E-state index in [1.54, 1.807) is 6.08 Å². The summed E-state index contributed by atoms with van der Waals surface area (Å²) in [6, 6.07) is 13.9. The molecule has 1 saturated carbocycles. The van der Waals surface area contributed by atoms with Crippen molar-refractivity contribution in [1.82, 2.24) is 5.01 Å². The number of nitrogens with one attached hydrogen (secondary N) is 1. The Bertz CT molecular complexity index is 2460. The van der Waals surface area contributed by atoms with Gasteiger partial charge in [0.05, 0.1) is 59.9 Å². The molecule has 2 aliphatic carbocycles. The van der Waals surface area contributed by atoms with E-state index < -0.39 is 99.4 Å². The van der Waals surface area contributed by atoms with E-state index in [-0.39, 0.29) is 57.8 Å². The summed E-state index contributed by atoms with van der Waals surface area (Å²) >= 11 is 6.31. The van der Waals surface area contributed by atoms with Gasteiger partial charge in [-0.05, 0) is 78.9 Å². The number of benzene rings is 4. The number of ether oxygens (including phenoxy) is 2. The summed E-state index contributed by atoms with van der Waals surface area (Å²) in [5, 5.41) is 12.9. The molecule has 18 heteroatoms. The molecule has 2 aliphatic heterocycles. The van der Waals surface area contributed by atoms with Gasteiger partial charge in [-0.2, -0.15) is 31.4 Å². The van der Waals surface area contributed by atoms with Crippen molar-refractivity contribution in [1.29, 1.82) is 0 Å². The molecule has 2 N–H and O–H groups in total.